The number of carboxylic acid groups (broad SMARTS) is 1. The maximum Gasteiger partial charge on any atom is 0.264 e. The van der Waals surface area contributed by atoms with E-state index in [-0.39, 0.29) is 16.8 Å². The van der Waals surface area contributed by atoms with Crippen molar-refractivity contribution < 1.29 is 15.0 Å². The van der Waals surface area contributed by atoms with Gasteiger partial charge in [-0.2, -0.15) is 0 Å². The molecule has 0 fully saturated rings. The van der Waals surface area contributed by atoms with Gasteiger partial charge in [0.05, 0.1) is 12.0 Å². The van der Waals surface area contributed by atoms with Gasteiger partial charge in [-0.05, 0) is 23.8 Å². The lowest BCUT2D eigenvalue weighted by Crippen LogP contribution is -2.36. The lowest BCUT2D eigenvalue weighted by Gasteiger charge is -2.13. The van der Waals surface area contributed by atoms with Crippen LogP contribution in [0.1, 0.15) is 11.1 Å². The van der Waals surface area contributed by atoms with Crippen LogP contribution in [0.2, 0.25) is 0 Å². The fraction of sp³-hybridized carbons (Fsp3) is 0.176. The van der Waals surface area contributed by atoms with Gasteiger partial charge in [-0.1, -0.05) is 18.2 Å². The van der Waals surface area contributed by atoms with E-state index in [0.717, 1.165) is 22.7 Å². The third-order valence-electron chi connectivity index (χ3n) is 4.07. The van der Waals surface area contributed by atoms with Gasteiger partial charge in [0, 0.05) is 36.8 Å². The van der Waals surface area contributed by atoms with Crippen molar-refractivity contribution in [1.29, 1.82) is 0 Å². The van der Waals surface area contributed by atoms with Gasteiger partial charge in [0.25, 0.3) is 5.56 Å². The summed E-state index contributed by atoms with van der Waals surface area (Å²) in [5.74, 6) is -1.78. The van der Waals surface area contributed by atoms with Gasteiger partial charge in [0.15, 0.2) is 4.77 Å². The fourth-order valence-corrected chi connectivity index (χ4v) is 2.79. The molecule has 0 aliphatic rings. The van der Waals surface area contributed by atoms with Crippen molar-refractivity contribution in [3.8, 4) is 5.88 Å². The summed E-state index contributed by atoms with van der Waals surface area (Å²) in [6, 6.07) is 6.25. The zero-order chi connectivity index (χ0) is 18.8. The number of aromatic nitrogens is 3. The highest BCUT2D eigenvalue weighted by molar-refractivity contribution is 7.71. The molecule has 1 atom stereocenters. The summed E-state index contributed by atoms with van der Waals surface area (Å²) in [5.41, 5.74) is 0.812. The van der Waals surface area contributed by atoms with Crippen molar-refractivity contribution in [2.45, 2.75) is 12.5 Å². The molecule has 0 saturated carbocycles. The molecule has 0 saturated heterocycles. The summed E-state index contributed by atoms with van der Waals surface area (Å²) >= 11 is 4.88. The first kappa shape index (κ1) is 17.6. The van der Waals surface area contributed by atoms with Crippen LogP contribution in [-0.4, -0.2) is 37.9 Å². The minimum Gasteiger partial charge on any atom is -0.548 e. The van der Waals surface area contributed by atoms with Crippen LogP contribution in [0.3, 0.4) is 0 Å². The van der Waals surface area contributed by atoms with Crippen LogP contribution >= 0.6 is 12.2 Å². The molecule has 3 aromatic rings. The van der Waals surface area contributed by atoms with Gasteiger partial charge in [0.1, 0.15) is 5.56 Å². The summed E-state index contributed by atoms with van der Waals surface area (Å²) < 4.78 is 1.23. The largest absolute Gasteiger partial charge is 0.548 e. The van der Waals surface area contributed by atoms with E-state index in [0.29, 0.717) is 0 Å². The van der Waals surface area contributed by atoms with Crippen LogP contribution in [0, 0.1) is 4.77 Å². The molecular formula is C17H15N4O4S-. The van der Waals surface area contributed by atoms with E-state index in [9.17, 15) is 19.8 Å². The molecule has 134 valence electrons. The van der Waals surface area contributed by atoms with E-state index in [1.54, 1.807) is 6.20 Å². The van der Waals surface area contributed by atoms with Gasteiger partial charge in [-0.15, -0.1) is 0 Å². The van der Waals surface area contributed by atoms with Crippen molar-refractivity contribution in [1.82, 2.24) is 14.5 Å². The van der Waals surface area contributed by atoms with Gasteiger partial charge >= 0.3 is 0 Å². The highest BCUT2D eigenvalue weighted by atomic mass is 32.1. The number of hydrogen-bond donors (Lipinski definition) is 3. The van der Waals surface area contributed by atoms with Crippen LogP contribution in [-0.2, 0) is 18.3 Å². The summed E-state index contributed by atoms with van der Waals surface area (Å²) in [7, 11) is 1.47. The Morgan fingerprint density at radius 1 is 1.46 bits per heavy atom. The Morgan fingerprint density at radius 3 is 2.92 bits per heavy atom. The molecule has 1 aromatic carbocycles. The van der Waals surface area contributed by atoms with E-state index in [4.69, 9.17) is 12.2 Å². The number of nitrogens with zero attached hydrogens (tertiary/aromatic N) is 2. The molecule has 8 nitrogen and oxygen atoms in total. The lowest BCUT2D eigenvalue weighted by atomic mass is 10.1. The number of aromatic hydroxyl groups is 1. The molecule has 0 radical (unpaired) electrons. The Hall–Kier alpha value is -3.20. The molecule has 0 unspecified atom stereocenters. The Balaban J connectivity index is 1.94. The third-order valence-corrected chi connectivity index (χ3v) is 4.45. The molecule has 0 aliphatic heterocycles. The number of aliphatic imine (C=N–C) groups is 1. The van der Waals surface area contributed by atoms with E-state index in [2.05, 4.69) is 15.0 Å². The quantitative estimate of drug-likeness (QED) is 0.442. The fourth-order valence-electron chi connectivity index (χ4n) is 2.61. The van der Waals surface area contributed by atoms with Crippen LogP contribution in [0.25, 0.3) is 10.9 Å². The number of carbonyl (C=O) groups is 1. The van der Waals surface area contributed by atoms with Crippen molar-refractivity contribution in [2.24, 2.45) is 12.0 Å². The molecule has 2 heterocycles. The van der Waals surface area contributed by atoms with E-state index in [1.165, 1.54) is 11.6 Å². The number of H-pyrrole nitrogens is 2. The molecule has 2 aromatic heterocycles. The molecular weight excluding hydrogens is 356 g/mol. The SMILES string of the molecule is Cn1c(O)c(C=N[C@@H](Cc2c[nH]c3ccccc23)C(=O)[O-])c(=O)[nH]c1=S. The topological polar surface area (TPSA) is 126 Å². The number of fused-ring (bicyclic) bond motifs is 1. The highest BCUT2D eigenvalue weighted by Crippen LogP contribution is 2.20. The van der Waals surface area contributed by atoms with Crippen LogP contribution < -0.4 is 10.7 Å². The summed E-state index contributed by atoms with van der Waals surface area (Å²) in [6.45, 7) is 0. The number of hydrogen-bond acceptors (Lipinski definition) is 6. The van der Waals surface area contributed by atoms with Crippen molar-refractivity contribution in [3.63, 3.8) is 0 Å². The van der Waals surface area contributed by atoms with Gasteiger partial charge < -0.3 is 20.0 Å². The normalized spacial score (nSPS) is 12.7. The standard InChI is InChI=1S/C17H16N4O4S/c1-21-15(23)11(14(22)20-17(21)26)8-19-13(16(24)25)6-9-7-18-12-5-3-2-4-10(9)12/h2-5,7-8,13,18,23H,6H2,1H3,(H,24,25)(H,20,22,26)/p-1/t13-/m0/s1. The zero-order valence-corrected chi connectivity index (χ0v) is 14.5. The van der Waals surface area contributed by atoms with E-state index >= 15 is 0 Å². The molecule has 0 bridgehead atoms. The van der Waals surface area contributed by atoms with Gasteiger partial charge in [0.2, 0.25) is 5.88 Å². The Labute approximate surface area is 152 Å². The predicted molar refractivity (Wildman–Crippen MR) is 96.9 cm³/mol. The number of aliphatic carboxylic acids is 1. The molecule has 3 rings (SSSR count). The summed E-state index contributed by atoms with van der Waals surface area (Å²) in [6.07, 6.45) is 2.82. The van der Waals surface area contributed by atoms with Crippen molar-refractivity contribution >= 4 is 35.3 Å². The average Bonchev–Trinajstić information content (AvgIpc) is 3.01. The third kappa shape index (κ3) is 3.29. The molecule has 26 heavy (non-hydrogen) atoms. The van der Waals surface area contributed by atoms with Gasteiger partial charge in [-0.3, -0.25) is 19.3 Å². The Kier molecular flexibility index (Phi) is 4.72. The van der Waals surface area contributed by atoms with Crippen molar-refractivity contribution in [3.05, 3.63) is 56.7 Å². The minimum absolute atomic E-state index is 0.0416. The number of aromatic amines is 2. The van der Waals surface area contributed by atoms with Crippen molar-refractivity contribution in [2.75, 3.05) is 0 Å². The van der Waals surface area contributed by atoms with Crippen LogP contribution in [0.15, 0.2) is 40.2 Å². The number of carbonyl (C=O) groups excluding carboxylic acids is 1. The van der Waals surface area contributed by atoms with Crippen LogP contribution in [0.5, 0.6) is 5.88 Å². The number of para-hydroxylation sites is 1. The maximum atomic E-state index is 11.9. The predicted octanol–water partition coefficient (Wildman–Crippen LogP) is 0.410. The molecule has 3 N–H and O–H groups in total. The second-order valence-corrected chi connectivity index (χ2v) is 6.12. The summed E-state index contributed by atoms with van der Waals surface area (Å²) in [5, 5.41) is 22.4. The second-order valence-electron chi connectivity index (χ2n) is 5.73. The van der Waals surface area contributed by atoms with E-state index < -0.39 is 23.5 Å². The molecule has 0 aliphatic carbocycles. The zero-order valence-electron chi connectivity index (χ0n) is 13.7. The Bertz CT molecular complexity index is 1130. The first-order valence-electron chi connectivity index (χ1n) is 7.69. The smallest absolute Gasteiger partial charge is 0.264 e. The molecule has 9 heteroatoms. The number of rotatable bonds is 5. The highest BCUT2D eigenvalue weighted by Gasteiger charge is 2.14. The number of carboxylic acids is 1. The first-order valence-corrected chi connectivity index (χ1v) is 8.10. The maximum absolute atomic E-state index is 11.9. The lowest BCUT2D eigenvalue weighted by molar-refractivity contribution is -0.307. The summed E-state index contributed by atoms with van der Waals surface area (Å²) in [4.78, 5) is 32.8. The van der Waals surface area contributed by atoms with Gasteiger partial charge in [-0.25, -0.2) is 0 Å². The monoisotopic (exact) mass is 371 g/mol. The molecule has 0 amide bonds. The second kappa shape index (κ2) is 6.96. The Morgan fingerprint density at radius 2 is 2.19 bits per heavy atom. The minimum atomic E-state index is -1.38. The van der Waals surface area contributed by atoms with Crippen LogP contribution in [0.4, 0.5) is 0 Å². The first-order chi connectivity index (χ1) is 12.4. The average molecular weight is 371 g/mol. The molecule has 0 spiro atoms. The number of benzene rings is 1. The number of nitrogens with one attached hydrogen (secondary N) is 2. The van der Waals surface area contributed by atoms with E-state index in [1.807, 2.05) is 24.3 Å².